The van der Waals surface area contributed by atoms with Crippen molar-refractivity contribution in [3.05, 3.63) is 60.8 Å². The minimum Gasteiger partial charge on any atom is -0.545 e. The second-order valence-corrected chi connectivity index (χ2v) is 20.6. The number of likely N-dealkylation sites (N-methyl/N-ethyl adjacent to an activating group) is 1. The number of aliphatic carboxylic acids is 1. The van der Waals surface area contributed by atoms with Crippen LogP contribution in [0.4, 0.5) is 0 Å². The summed E-state index contributed by atoms with van der Waals surface area (Å²) in [6, 6.07) is 0. The SMILES string of the molecule is CC/C=C\C/C=C\C/C=C\C/C=C\C/C=C\CCCCCCCCCCCCCC(=O)OC(COC(=O)CCCCCCCCCCCCCCCCCCCC)COC(OCC[N+](C)(C)C)C(=O)[O-]. The lowest BCUT2D eigenvalue weighted by Crippen LogP contribution is -2.44. The number of nitrogens with zero attached hydrogens (tertiary/aromatic N) is 1. The van der Waals surface area contributed by atoms with Gasteiger partial charge in [-0.15, -0.1) is 0 Å². The molecule has 0 N–H and O–H groups in total. The lowest BCUT2D eigenvalue weighted by atomic mass is 10.0. The molecule has 0 heterocycles. The van der Waals surface area contributed by atoms with Gasteiger partial charge in [0.05, 0.1) is 40.3 Å². The molecule has 0 aliphatic heterocycles. The molecule has 406 valence electrons. The third-order valence-electron chi connectivity index (χ3n) is 12.5. The van der Waals surface area contributed by atoms with Crippen LogP contribution in [-0.2, 0) is 33.3 Å². The van der Waals surface area contributed by atoms with Gasteiger partial charge in [-0.2, -0.15) is 0 Å². The molecule has 70 heavy (non-hydrogen) atoms. The number of rotatable bonds is 53. The zero-order valence-corrected chi connectivity index (χ0v) is 46.1. The molecule has 0 aromatic heterocycles. The highest BCUT2D eigenvalue weighted by Crippen LogP contribution is 2.17. The molecule has 0 aromatic rings. The molecule has 0 bridgehead atoms. The molecule has 0 radical (unpaired) electrons. The van der Waals surface area contributed by atoms with E-state index in [1.54, 1.807) is 0 Å². The molecule has 0 saturated heterocycles. The molecule has 2 atom stereocenters. The summed E-state index contributed by atoms with van der Waals surface area (Å²) < 4.78 is 22.7. The van der Waals surface area contributed by atoms with Crippen molar-refractivity contribution in [1.29, 1.82) is 0 Å². The summed E-state index contributed by atoms with van der Waals surface area (Å²) in [5.74, 6) is -2.28. The second kappa shape index (κ2) is 52.3. The van der Waals surface area contributed by atoms with Gasteiger partial charge in [-0.05, 0) is 57.8 Å². The molecule has 0 aromatic carbocycles. The molecular formula is C61H109NO8. The van der Waals surface area contributed by atoms with Gasteiger partial charge in [-0.25, -0.2) is 0 Å². The van der Waals surface area contributed by atoms with Gasteiger partial charge in [0.25, 0.3) is 0 Å². The van der Waals surface area contributed by atoms with Gasteiger partial charge >= 0.3 is 11.9 Å². The molecule has 0 spiro atoms. The van der Waals surface area contributed by atoms with Crippen molar-refractivity contribution in [1.82, 2.24) is 0 Å². The van der Waals surface area contributed by atoms with Crippen LogP contribution >= 0.6 is 0 Å². The summed E-state index contributed by atoms with van der Waals surface area (Å²) in [6.07, 6.45) is 62.6. The maximum atomic E-state index is 12.9. The third-order valence-corrected chi connectivity index (χ3v) is 12.5. The summed E-state index contributed by atoms with van der Waals surface area (Å²) in [7, 11) is 5.92. The standard InChI is InChI=1S/C61H109NO8/c1-6-8-10-12-14-16-18-20-22-24-26-27-28-29-30-31-32-33-34-36-38-40-42-44-46-48-50-52-59(64)70-57(56-69-61(60(65)66)67-54-53-62(3,4)5)55-68-58(63)51-49-47-45-43-41-39-37-35-25-23-21-19-17-15-13-11-9-7-2/h8,10,14,16,20,22,26-27,29-30,57,61H,6-7,9,11-13,15,17-19,21,23-25,28,31-56H2,1-5H3/b10-8-,16-14-,22-20-,27-26-,30-29-. The molecule has 0 aliphatic carbocycles. The zero-order chi connectivity index (χ0) is 51.3. The minimum atomic E-state index is -1.62. The van der Waals surface area contributed by atoms with Crippen molar-refractivity contribution in [3.8, 4) is 0 Å². The molecule has 0 amide bonds. The van der Waals surface area contributed by atoms with Gasteiger partial charge in [-0.1, -0.05) is 242 Å². The highest BCUT2D eigenvalue weighted by Gasteiger charge is 2.22. The maximum Gasteiger partial charge on any atom is 0.306 e. The largest absolute Gasteiger partial charge is 0.545 e. The third kappa shape index (κ3) is 52.8. The Kier molecular flexibility index (Phi) is 50.1. The Morgan fingerprint density at radius 1 is 0.443 bits per heavy atom. The summed E-state index contributed by atoms with van der Waals surface area (Å²) in [5, 5.41) is 11.8. The van der Waals surface area contributed by atoms with E-state index in [2.05, 4.69) is 74.6 Å². The van der Waals surface area contributed by atoms with Gasteiger partial charge in [0.2, 0.25) is 0 Å². The number of carboxylic acid groups (broad SMARTS) is 1. The summed E-state index contributed by atoms with van der Waals surface area (Å²) in [5.41, 5.74) is 0. The molecule has 0 saturated carbocycles. The average molecular weight is 985 g/mol. The molecule has 0 aliphatic rings. The average Bonchev–Trinajstić information content (AvgIpc) is 3.33. The van der Waals surface area contributed by atoms with E-state index >= 15 is 0 Å². The van der Waals surface area contributed by atoms with Crippen molar-refractivity contribution >= 4 is 17.9 Å². The van der Waals surface area contributed by atoms with E-state index in [1.165, 1.54) is 141 Å². The van der Waals surface area contributed by atoms with Crippen LogP contribution in [0.2, 0.25) is 0 Å². The Morgan fingerprint density at radius 3 is 1.21 bits per heavy atom. The fraction of sp³-hybridized carbons (Fsp3) is 0.787. The molecule has 0 fully saturated rings. The number of carbonyl (C=O) groups excluding carboxylic acids is 3. The summed E-state index contributed by atoms with van der Waals surface area (Å²) >= 11 is 0. The van der Waals surface area contributed by atoms with E-state index in [0.29, 0.717) is 23.9 Å². The van der Waals surface area contributed by atoms with E-state index < -0.39 is 24.3 Å². The fourth-order valence-corrected chi connectivity index (χ4v) is 8.09. The number of hydrogen-bond donors (Lipinski definition) is 0. The number of unbranched alkanes of at least 4 members (excludes halogenated alkanes) is 28. The van der Waals surface area contributed by atoms with Gasteiger partial charge in [0, 0.05) is 12.8 Å². The van der Waals surface area contributed by atoms with Crippen LogP contribution in [0.1, 0.15) is 251 Å². The quantitative estimate of drug-likeness (QED) is 0.0195. The Balaban J connectivity index is 4.23. The lowest BCUT2D eigenvalue weighted by molar-refractivity contribution is -0.870. The van der Waals surface area contributed by atoms with Crippen molar-refractivity contribution in [2.45, 2.75) is 264 Å². The van der Waals surface area contributed by atoms with Crippen LogP contribution in [0, 0.1) is 0 Å². The van der Waals surface area contributed by atoms with Crippen molar-refractivity contribution in [2.75, 3.05) is 47.5 Å². The maximum absolute atomic E-state index is 12.9. The number of esters is 2. The van der Waals surface area contributed by atoms with Crippen LogP contribution in [0.25, 0.3) is 0 Å². The first-order valence-electron chi connectivity index (χ1n) is 28.9. The predicted molar refractivity (Wildman–Crippen MR) is 292 cm³/mol. The first-order chi connectivity index (χ1) is 34.1. The van der Waals surface area contributed by atoms with E-state index in [9.17, 15) is 19.5 Å². The van der Waals surface area contributed by atoms with Crippen LogP contribution in [0.3, 0.4) is 0 Å². The van der Waals surface area contributed by atoms with Gasteiger partial charge in [0.1, 0.15) is 13.2 Å². The molecule has 2 unspecified atom stereocenters. The lowest BCUT2D eigenvalue weighted by Gasteiger charge is -2.26. The Hall–Kier alpha value is -3.01. The van der Waals surface area contributed by atoms with E-state index in [4.69, 9.17) is 18.9 Å². The highest BCUT2D eigenvalue weighted by molar-refractivity contribution is 5.70. The second-order valence-electron chi connectivity index (χ2n) is 20.6. The Labute approximate surface area is 431 Å². The normalized spacial score (nSPS) is 13.2. The number of quaternary nitrogens is 1. The summed E-state index contributed by atoms with van der Waals surface area (Å²) in [4.78, 5) is 37.3. The summed E-state index contributed by atoms with van der Waals surface area (Å²) in [6.45, 7) is 4.66. The number of ether oxygens (including phenoxy) is 4. The predicted octanol–water partition coefficient (Wildman–Crippen LogP) is 15.5. The van der Waals surface area contributed by atoms with E-state index in [1.807, 2.05) is 21.1 Å². The molecular weight excluding hydrogens is 875 g/mol. The van der Waals surface area contributed by atoms with Crippen LogP contribution in [-0.4, -0.2) is 82.3 Å². The van der Waals surface area contributed by atoms with Gasteiger partial charge in [0.15, 0.2) is 12.4 Å². The highest BCUT2D eigenvalue weighted by atomic mass is 16.7. The van der Waals surface area contributed by atoms with Crippen molar-refractivity contribution in [3.63, 3.8) is 0 Å². The van der Waals surface area contributed by atoms with Crippen molar-refractivity contribution in [2.24, 2.45) is 0 Å². The van der Waals surface area contributed by atoms with Crippen LogP contribution in [0.5, 0.6) is 0 Å². The van der Waals surface area contributed by atoms with Gasteiger partial charge < -0.3 is 33.3 Å². The molecule has 9 nitrogen and oxygen atoms in total. The number of hydrogen-bond acceptors (Lipinski definition) is 8. The Bertz CT molecular complexity index is 1330. The number of carboxylic acids is 1. The van der Waals surface area contributed by atoms with Crippen molar-refractivity contribution < 1.29 is 42.9 Å². The molecule has 0 rings (SSSR count). The van der Waals surface area contributed by atoms with Gasteiger partial charge in [-0.3, -0.25) is 9.59 Å². The Morgan fingerprint density at radius 2 is 0.814 bits per heavy atom. The van der Waals surface area contributed by atoms with Crippen LogP contribution < -0.4 is 5.11 Å². The first kappa shape index (κ1) is 67.0. The minimum absolute atomic E-state index is 0.147. The van der Waals surface area contributed by atoms with E-state index in [-0.39, 0.29) is 32.2 Å². The van der Waals surface area contributed by atoms with Crippen LogP contribution in [0.15, 0.2) is 60.8 Å². The first-order valence-corrected chi connectivity index (χ1v) is 28.9. The number of carbonyl (C=O) groups is 3. The smallest absolute Gasteiger partial charge is 0.306 e. The molecule has 9 heteroatoms. The van der Waals surface area contributed by atoms with E-state index in [0.717, 1.165) is 77.0 Å². The monoisotopic (exact) mass is 984 g/mol. The zero-order valence-electron chi connectivity index (χ0n) is 46.1. The topological polar surface area (TPSA) is 111 Å². The fourth-order valence-electron chi connectivity index (χ4n) is 8.09. The number of allylic oxidation sites excluding steroid dienone is 10.